The normalized spacial score (nSPS) is 20.7. The second-order valence-corrected chi connectivity index (χ2v) is 5.79. The smallest absolute Gasteiger partial charge is 0.276 e. The Balaban J connectivity index is 2.06. The Bertz CT molecular complexity index is 622. The second-order valence-electron chi connectivity index (χ2n) is 4.94. The molecule has 1 aliphatic carbocycles. The van der Waals surface area contributed by atoms with Gasteiger partial charge in [0.25, 0.3) is 5.91 Å². The van der Waals surface area contributed by atoms with Gasteiger partial charge in [-0.25, -0.2) is 9.69 Å². The predicted octanol–water partition coefficient (Wildman–Crippen LogP) is 2.12. The van der Waals surface area contributed by atoms with Gasteiger partial charge in [0.2, 0.25) is 5.91 Å². The first kappa shape index (κ1) is 12.3. The third kappa shape index (κ3) is 1.70. The molecule has 1 N–H and O–H groups in total. The number of carbonyl (C=O) groups is 3. The number of hydrogen-bond donors (Lipinski definition) is 1. The van der Waals surface area contributed by atoms with Crippen LogP contribution in [-0.4, -0.2) is 17.8 Å². The van der Waals surface area contributed by atoms with E-state index in [1.54, 1.807) is 6.07 Å². The Morgan fingerprint density at radius 2 is 1.95 bits per heavy atom. The number of rotatable bonds is 1. The first-order chi connectivity index (χ1) is 8.95. The van der Waals surface area contributed by atoms with Crippen LogP contribution in [0.5, 0.6) is 0 Å². The van der Waals surface area contributed by atoms with Gasteiger partial charge in [0.05, 0.1) is 5.69 Å². The van der Waals surface area contributed by atoms with Crippen LogP contribution >= 0.6 is 15.9 Å². The van der Waals surface area contributed by atoms with Gasteiger partial charge in [0.1, 0.15) is 5.41 Å². The van der Waals surface area contributed by atoms with E-state index in [-0.39, 0.29) is 0 Å². The summed E-state index contributed by atoms with van der Waals surface area (Å²) >= 11 is 3.35. The number of barbiturate groups is 1. The molecular formula is C13H11BrN2O3. The largest absolute Gasteiger partial charge is 0.335 e. The van der Waals surface area contributed by atoms with E-state index >= 15 is 0 Å². The lowest BCUT2D eigenvalue weighted by atomic mass is 10.0. The molecule has 1 heterocycles. The molecule has 0 radical (unpaired) electrons. The van der Waals surface area contributed by atoms with Gasteiger partial charge in [0.15, 0.2) is 0 Å². The van der Waals surface area contributed by atoms with Gasteiger partial charge in [-0.1, -0.05) is 6.07 Å². The van der Waals surface area contributed by atoms with Crippen molar-refractivity contribution in [3.05, 3.63) is 28.2 Å². The van der Waals surface area contributed by atoms with Crippen LogP contribution in [0.15, 0.2) is 22.7 Å². The number of aryl methyl sites for hydroxylation is 1. The minimum Gasteiger partial charge on any atom is -0.276 e. The molecule has 0 bridgehead atoms. The van der Waals surface area contributed by atoms with Crippen LogP contribution in [-0.2, 0) is 9.59 Å². The Labute approximate surface area is 118 Å². The topological polar surface area (TPSA) is 66.5 Å². The molecule has 2 fully saturated rings. The quantitative estimate of drug-likeness (QED) is 0.805. The van der Waals surface area contributed by atoms with Crippen LogP contribution < -0.4 is 10.2 Å². The molecular weight excluding hydrogens is 312 g/mol. The molecule has 3 rings (SSSR count). The van der Waals surface area contributed by atoms with E-state index in [1.165, 1.54) is 0 Å². The molecule has 0 atom stereocenters. The number of anilines is 1. The molecule has 4 amide bonds. The number of nitrogens with zero attached hydrogens (tertiary/aromatic N) is 1. The van der Waals surface area contributed by atoms with Gasteiger partial charge in [-0.3, -0.25) is 14.9 Å². The highest BCUT2D eigenvalue weighted by molar-refractivity contribution is 9.10. The predicted molar refractivity (Wildman–Crippen MR) is 71.6 cm³/mol. The average Bonchev–Trinajstić information content (AvgIpc) is 3.11. The number of carbonyl (C=O) groups excluding carboxylic acids is 3. The third-order valence-corrected chi connectivity index (χ3v) is 4.20. The van der Waals surface area contributed by atoms with Gasteiger partial charge in [-0.15, -0.1) is 0 Å². The van der Waals surface area contributed by atoms with Crippen molar-refractivity contribution in [2.45, 2.75) is 19.8 Å². The van der Waals surface area contributed by atoms with Gasteiger partial charge in [-0.2, -0.15) is 0 Å². The van der Waals surface area contributed by atoms with Crippen molar-refractivity contribution in [2.75, 3.05) is 4.90 Å². The van der Waals surface area contributed by atoms with E-state index in [9.17, 15) is 14.4 Å². The summed E-state index contributed by atoms with van der Waals surface area (Å²) in [5.74, 6) is -0.896. The number of halogens is 1. The molecule has 5 nitrogen and oxygen atoms in total. The van der Waals surface area contributed by atoms with Crippen molar-refractivity contribution in [1.82, 2.24) is 5.32 Å². The first-order valence-electron chi connectivity index (χ1n) is 5.92. The molecule has 0 unspecified atom stereocenters. The molecule has 1 spiro atoms. The number of urea groups is 1. The average molecular weight is 323 g/mol. The van der Waals surface area contributed by atoms with E-state index < -0.39 is 23.3 Å². The number of benzene rings is 1. The number of nitrogens with one attached hydrogen (secondary N) is 1. The Morgan fingerprint density at radius 1 is 1.26 bits per heavy atom. The van der Waals surface area contributed by atoms with Crippen LogP contribution in [0.2, 0.25) is 0 Å². The van der Waals surface area contributed by atoms with Gasteiger partial charge in [-0.05, 0) is 53.4 Å². The standard InChI is InChI=1S/C13H11BrN2O3/c1-7-2-3-9(8(14)6-7)16-11(18)13(4-5-13)10(17)15-12(16)19/h2-3,6H,4-5H2,1H3,(H,15,17,19). The zero-order chi connectivity index (χ0) is 13.8. The van der Waals surface area contributed by atoms with Crippen LogP contribution in [0.3, 0.4) is 0 Å². The molecule has 1 saturated heterocycles. The third-order valence-electron chi connectivity index (χ3n) is 3.56. The fourth-order valence-corrected chi connectivity index (χ4v) is 2.92. The zero-order valence-corrected chi connectivity index (χ0v) is 11.8. The lowest BCUT2D eigenvalue weighted by molar-refractivity contribution is -0.136. The highest BCUT2D eigenvalue weighted by atomic mass is 79.9. The highest BCUT2D eigenvalue weighted by Gasteiger charge is 2.62. The molecule has 1 aliphatic heterocycles. The van der Waals surface area contributed by atoms with Crippen molar-refractivity contribution >= 4 is 39.5 Å². The first-order valence-corrected chi connectivity index (χ1v) is 6.71. The second kappa shape index (κ2) is 3.90. The summed E-state index contributed by atoms with van der Waals surface area (Å²) in [7, 11) is 0. The van der Waals surface area contributed by atoms with Gasteiger partial charge < -0.3 is 0 Å². The number of imide groups is 2. The van der Waals surface area contributed by atoms with Crippen LogP contribution in [0, 0.1) is 12.3 Å². The van der Waals surface area contributed by atoms with Crippen molar-refractivity contribution in [3.8, 4) is 0 Å². The Kier molecular flexibility index (Phi) is 2.53. The van der Waals surface area contributed by atoms with Crippen molar-refractivity contribution in [1.29, 1.82) is 0 Å². The van der Waals surface area contributed by atoms with Gasteiger partial charge in [0, 0.05) is 4.47 Å². The summed E-state index contributed by atoms with van der Waals surface area (Å²) in [5, 5.41) is 2.26. The number of amides is 4. The minimum atomic E-state index is -1.02. The maximum atomic E-state index is 12.4. The lowest BCUT2D eigenvalue weighted by Crippen LogP contribution is -2.59. The summed E-state index contributed by atoms with van der Waals surface area (Å²) in [6.07, 6.45) is 1.01. The maximum absolute atomic E-state index is 12.4. The highest BCUT2D eigenvalue weighted by Crippen LogP contribution is 2.50. The summed E-state index contributed by atoms with van der Waals surface area (Å²) < 4.78 is 0.654. The fourth-order valence-electron chi connectivity index (χ4n) is 2.25. The van der Waals surface area contributed by atoms with E-state index in [0.29, 0.717) is 23.0 Å². The fraction of sp³-hybridized carbons (Fsp3) is 0.308. The lowest BCUT2D eigenvalue weighted by Gasteiger charge is -2.30. The minimum absolute atomic E-state index is 0.425. The maximum Gasteiger partial charge on any atom is 0.335 e. The summed E-state index contributed by atoms with van der Waals surface area (Å²) in [5.41, 5.74) is 0.461. The molecule has 98 valence electrons. The monoisotopic (exact) mass is 322 g/mol. The van der Waals surface area contributed by atoms with Crippen LogP contribution in [0.4, 0.5) is 10.5 Å². The molecule has 1 saturated carbocycles. The molecule has 0 aromatic heterocycles. The van der Waals surface area contributed by atoms with Crippen molar-refractivity contribution in [3.63, 3.8) is 0 Å². The van der Waals surface area contributed by atoms with E-state index in [1.807, 2.05) is 19.1 Å². The molecule has 6 heteroatoms. The SMILES string of the molecule is Cc1ccc(N2C(=O)NC(=O)C3(CC3)C2=O)c(Br)c1. The van der Waals surface area contributed by atoms with E-state index in [4.69, 9.17) is 0 Å². The van der Waals surface area contributed by atoms with Crippen LogP contribution in [0.25, 0.3) is 0 Å². The molecule has 19 heavy (non-hydrogen) atoms. The molecule has 1 aromatic rings. The Hall–Kier alpha value is -1.69. The van der Waals surface area contributed by atoms with E-state index in [0.717, 1.165) is 10.5 Å². The van der Waals surface area contributed by atoms with Crippen molar-refractivity contribution < 1.29 is 14.4 Å². The summed E-state index contributed by atoms with van der Waals surface area (Å²) in [6.45, 7) is 1.92. The van der Waals surface area contributed by atoms with E-state index in [2.05, 4.69) is 21.2 Å². The van der Waals surface area contributed by atoms with Crippen LogP contribution in [0.1, 0.15) is 18.4 Å². The zero-order valence-electron chi connectivity index (χ0n) is 10.2. The number of hydrogen-bond acceptors (Lipinski definition) is 3. The molecule has 1 aromatic carbocycles. The Morgan fingerprint density at radius 3 is 2.53 bits per heavy atom. The van der Waals surface area contributed by atoms with Gasteiger partial charge >= 0.3 is 6.03 Å². The summed E-state index contributed by atoms with van der Waals surface area (Å²) in [6, 6.07) is 4.66. The van der Waals surface area contributed by atoms with Crippen molar-refractivity contribution in [2.24, 2.45) is 5.41 Å². The summed E-state index contributed by atoms with van der Waals surface area (Å²) in [4.78, 5) is 37.1. The molecule has 2 aliphatic rings.